The van der Waals surface area contributed by atoms with E-state index in [1.165, 1.54) is 61.2 Å². The summed E-state index contributed by atoms with van der Waals surface area (Å²) in [6.45, 7) is 27.9. The smallest absolute Gasteiger partial charge is 0.0708 e. The number of hydrogen-bond acceptors (Lipinski definition) is 3. The minimum Gasteiger partial charge on any atom is -0.256 e. The average molecular weight is 970 g/mol. The predicted octanol–water partition coefficient (Wildman–Crippen LogP) is 18.4. The van der Waals surface area contributed by atoms with Crippen LogP contribution in [-0.2, 0) is 46.3 Å². The maximum Gasteiger partial charge on any atom is 0.0708 e. The third-order valence-corrected chi connectivity index (χ3v) is 15.3. The van der Waals surface area contributed by atoms with Gasteiger partial charge in [-0.1, -0.05) is 229 Å². The monoisotopic (exact) mass is 970 g/mol. The van der Waals surface area contributed by atoms with Crippen LogP contribution in [0.25, 0.3) is 56.0 Å². The minimum absolute atomic E-state index is 0.0622. The summed E-state index contributed by atoms with van der Waals surface area (Å²) in [5, 5.41) is 0. The second-order valence-electron chi connectivity index (χ2n) is 24.8. The lowest BCUT2D eigenvalue weighted by Gasteiger charge is -2.30. The first-order valence-corrected chi connectivity index (χ1v) is 26.6. The molecule has 3 aromatic heterocycles. The fourth-order valence-electron chi connectivity index (χ4n) is 10.6. The van der Waals surface area contributed by atoms with Gasteiger partial charge < -0.3 is 0 Å². The Labute approximate surface area is 443 Å². The van der Waals surface area contributed by atoms with E-state index in [0.29, 0.717) is 0 Å². The van der Waals surface area contributed by atoms with Gasteiger partial charge in [-0.15, -0.1) is 0 Å². The van der Waals surface area contributed by atoms with Gasteiger partial charge in [0.05, 0.1) is 17.1 Å². The van der Waals surface area contributed by atoms with Gasteiger partial charge in [-0.2, -0.15) is 0 Å². The van der Waals surface area contributed by atoms with Crippen LogP contribution < -0.4 is 0 Å². The molecule has 0 aliphatic carbocycles. The largest absolute Gasteiger partial charge is 0.256 e. The zero-order valence-corrected chi connectivity index (χ0v) is 46.0. The Bertz CT molecular complexity index is 3210. The topological polar surface area (TPSA) is 38.7 Å². The Hall–Kier alpha value is -7.23. The van der Waals surface area contributed by atoms with Crippen LogP contribution in [0.5, 0.6) is 0 Å². The van der Waals surface area contributed by atoms with Crippen LogP contribution in [0.3, 0.4) is 0 Å². The van der Waals surface area contributed by atoms with Crippen molar-refractivity contribution in [1.82, 2.24) is 15.0 Å². The van der Waals surface area contributed by atoms with Crippen LogP contribution in [0.2, 0.25) is 0 Å². The first kappa shape index (κ1) is 51.7. The van der Waals surface area contributed by atoms with Crippen molar-refractivity contribution in [3.63, 3.8) is 0 Å². The first-order chi connectivity index (χ1) is 35.1. The van der Waals surface area contributed by atoms with Crippen molar-refractivity contribution < 1.29 is 0 Å². The number of aromatic nitrogens is 3. The van der Waals surface area contributed by atoms with Crippen LogP contribution in [0.15, 0.2) is 201 Å². The van der Waals surface area contributed by atoms with Crippen molar-refractivity contribution in [1.29, 1.82) is 0 Å². The Morgan fingerprint density at radius 2 is 0.554 bits per heavy atom. The molecule has 3 nitrogen and oxygen atoms in total. The zero-order chi connectivity index (χ0) is 52.5. The van der Waals surface area contributed by atoms with Gasteiger partial charge in [-0.05, 0) is 149 Å². The molecule has 74 heavy (non-hydrogen) atoms. The molecule has 0 N–H and O–H groups in total. The molecule has 374 valence electrons. The van der Waals surface area contributed by atoms with Crippen molar-refractivity contribution in [2.24, 2.45) is 0 Å². The molecule has 9 aromatic rings. The summed E-state index contributed by atoms with van der Waals surface area (Å²) in [6, 6.07) is 67.3. The molecule has 0 radical (unpaired) electrons. The summed E-state index contributed by atoms with van der Waals surface area (Å²) in [6.07, 6.45) is 8.56. The maximum atomic E-state index is 4.83. The van der Waals surface area contributed by atoms with E-state index in [4.69, 9.17) is 15.0 Å². The highest BCUT2D eigenvalue weighted by molar-refractivity contribution is 5.74. The van der Waals surface area contributed by atoms with Gasteiger partial charge in [0.25, 0.3) is 0 Å². The van der Waals surface area contributed by atoms with E-state index in [1.807, 2.05) is 18.6 Å². The summed E-state index contributed by atoms with van der Waals surface area (Å²) in [7, 11) is 0. The Balaban J connectivity index is 0.979. The van der Waals surface area contributed by atoms with Crippen LogP contribution >= 0.6 is 0 Å². The Kier molecular flexibility index (Phi) is 14.4. The second kappa shape index (κ2) is 20.6. The highest BCUT2D eigenvalue weighted by Gasteiger charge is 2.28. The number of hydrogen-bond donors (Lipinski definition) is 0. The van der Waals surface area contributed by atoms with Gasteiger partial charge >= 0.3 is 0 Å². The van der Waals surface area contributed by atoms with Gasteiger partial charge in [-0.3, -0.25) is 15.0 Å². The maximum absolute atomic E-state index is 4.83. The lowest BCUT2D eigenvalue weighted by Crippen LogP contribution is -2.24. The van der Waals surface area contributed by atoms with E-state index >= 15 is 0 Å². The molecule has 0 fully saturated rings. The molecule has 6 aromatic carbocycles. The fraction of sp³-hybridized carbons (Fsp3) is 0.282. The molecule has 9 rings (SSSR count). The van der Waals surface area contributed by atoms with Crippen molar-refractivity contribution >= 4 is 0 Å². The highest BCUT2D eigenvalue weighted by atomic mass is 14.7. The molecule has 0 aliphatic rings. The molecule has 0 amide bonds. The number of nitrogens with zero attached hydrogens (tertiary/aromatic N) is 3. The molecule has 0 atom stereocenters. The van der Waals surface area contributed by atoms with Gasteiger partial charge in [0, 0.05) is 35.3 Å². The number of benzene rings is 6. The van der Waals surface area contributed by atoms with Gasteiger partial charge in [-0.25, -0.2) is 0 Å². The lowest BCUT2D eigenvalue weighted by molar-refractivity contribution is 0.507. The normalized spacial score (nSPS) is 12.5. The van der Waals surface area contributed by atoms with E-state index in [1.54, 1.807) is 0 Å². The molecule has 0 saturated carbocycles. The summed E-state index contributed by atoms with van der Waals surface area (Å²) >= 11 is 0. The van der Waals surface area contributed by atoms with Crippen molar-refractivity contribution in [2.75, 3.05) is 0 Å². The van der Waals surface area contributed by atoms with E-state index in [0.717, 1.165) is 58.6 Å². The zero-order valence-electron chi connectivity index (χ0n) is 46.0. The molecular weight excluding hydrogens is 895 g/mol. The Morgan fingerprint density at radius 3 is 0.905 bits per heavy atom. The molecular formula is C71H75N3. The van der Waals surface area contributed by atoms with Crippen LogP contribution in [-0.4, -0.2) is 15.0 Å². The fourth-order valence-corrected chi connectivity index (χ4v) is 10.6. The lowest BCUT2D eigenvalue weighted by atomic mass is 9.74. The Morgan fingerprint density at radius 1 is 0.257 bits per heavy atom. The number of pyridine rings is 3. The molecule has 0 unspecified atom stereocenters. The predicted molar refractivity (Wildman–Crippen MR) is 314 cm³/mol. The molecule has 0 bridgehead atoms. The SMILES string of the molecule is CC(C)(C)c1ccnc(-c2ccc(C(C)(C)Cc3cc(CC(C)(C)c4ccc(-c5cc(-c6ccc(-c7ccccc7)cc6)ccn5)cc4)cc(CC(C)(C)c4ccc(-c5cc(C(C)(C)C)ccn5)cc4)c3)cc2)c1. The highest BCUT2D eigenvalue weighted by Crippen LogP contribution is 2.37. The third-order valence-electron chi connectivity index (χ3n) is 15.3. The van der Waals surface area contributed by atoms with Gasteiger partial charge in [0.2, 0.25) is 0 Å². The second-order valence-corrected chi connectivity index (χ2v) is 24.8. The van der Waals surface area contributed by atoms with E-state index < -0.39 is 0 Å². The van der Waals surface area contributed by atoms with E-state index in [-0.39, 0.29) is 27.1 Å². The molecule has 3 heteroatoms. The van der Waals surface area contributed by atoms with E-state index in [9.17, 15) is 0 Å². The number of rotatable bonds is 14. The molecule has 0 saturated heterocycles. The van der Waals surface area contributed by atoms with Crippen molar-refractivity contribution in [2.45, 2.75) is 129 Å². The minimum atomic E-state index is -0.127. The summed E-state index contributed by atoms with van der Waals surface area (Å²) in [5.41, 5.74) is 21.6. The summed E-state index contributed by atoms with van der Waals surface area (Å²) in [5.74, 6) is 0. The average Bonchev–Trinajstić information content (AvgIpc) is 3.38. The first-order valence-electron chi connectivity index (χ1n) is 26.6. The summed E-state index contributed by atoms with van der Waals surface area (Å²) in [4.78, 5) is 14.4. The summed E-state index contributed by atoms with van der Waals surface area (Å²) < 4.78 is 0. The van der Waals surface area contributed by atoms with Gasteiger partial charge in [0.15, 0.2) is 0 Å². The molecule has 0 spiro atoms. The molecule has 0 aliphatic heterocycles. The standard InChI is InChI=1S/C71H75N3/c1-67(2,3)62-35-38-73-65(44-62)56-24-30-60(31-25-56)70(9,10)47-50-40-49(41-51(42-50)48-71(11,12)61-32-26-57(27-33-61)66-45-63(36-39-74-66)68(4,5)6)46-69(7,8)59-28-22-55(23-29-59)64-43-58(34-37-72-64)54-20-18-53(19-21-54)52-16-14-13-15-17-52/h13-45H,46-48H2,1-12H3. The van der Waals surface area contributed by atoms with Crippen LogP contribution in [0.4, 0.5) is 0 Å². The van der Waals surface area contributed by atoms with Crippen molar-refractivity contribution in [3.8, 4) is 56.0 Å². The van der Waals surface area contributed by atoms with Crippen LogP contribution in [0, 0.1) is 0 Å². The van der Waals surface area contributed by atoms with Gasteiger partial charge in [0.1, 0.15) is 0 Å². The van der Waals surface area contributed by atoms with Crippen LogP contribution in [0.1, 0.15) is 128 Å². The quantitative estimate of drug-likeness (QED) is 0.109. The van der Waals surface area contributed by atoms with Crippen molar-refractivity contribution in [3.05, 3.63) is 245 Å². The molecule has 3 heterocycles. The van der Waals surface area contributed by atoms with E-state index in [2.05, 4.69) is 265 Å². The third kappa shape index (κ3) is 12.1.